The van der Waals surface area contributed by atoms with Crippen molar-refractivity contribution >= 4 is 11.8 Å². The molecule has 2 aromatic rings. The Labute approximate surface area is 178 Å². The highest BCUT2D eigenvalue weighted by Gasteiger charge is 2.42. The van der Waals surface area contributed by atoms with Crippen molar-refractivity contribution < 1.29 is 14.3 Å². The molecular formula is C25H30N2O3. The van der Waals surface area contributed by atoms with Gasteiger partial charge in [0.2, 0.25) is 5.91 Å². The number of ether oxygens (including phenoxy) is 1. The normalized spacial score (nSPS) is 25.7. The number of rotatable bonds is 5. The van der Waals surface area contributed by atoms with Crippen molar-refractivity contribution in [1.29, 1.82) is 0 Å². The minimum absolute atomic E-state index is 0.0813. The summed E-state index contributed by atoms with van der Waals surface area (Å²) in [6, 6.07) is 14.7. The molecule has 0 bridgehead atoms. The second kappa shape index (κ2) is 8.50. The van der Waals surface area contributed by atoms with Crippen LogP contribution in [0.5, 0.6) is 5.75 Å². The van der Waals surface area contributed by atoms with Crippen LogP contribution in [0.2, 0.25) is 0 Å². The van der Waals surface area contributed by atoms with E-state index in [1.807, 2.05) is 48.5 Å². The molecule has 2 aromatic carbocycles. The number of amides is 2. The predicted molar refractivity (Wildman–Crippen MR) is 116 cm³/mol. The van der Waals surface area contributed by atoms with Gasteiger partial charge in [-0.2, -0.15) is 0 Å². The monoisotopic (exact) mass is 406 g/mol. The number of carbonyl (C=O) groups is 2. The van der Waals surface area contributed by atoms with Crippen LogP contribution in [0.1, 0.15) is 60.6 Å². The number of nitrogens with zero attached hydrogens (tertiary/aromatic N) is 1. The summed E-state index contributed by atoms with van der Waals surface area (Å²) in [6.45, 7) is 4.84. The zero-order chi connectivity index (χ0) is 21.3. The minimum atomic E-state index is -0.607. The molecule has 1 aliphatic heterocycles. The van der Waals surface area contributed by atoms with Crippen LogP contribution in [0.25, 0.3) is 0 Å². The molecule has 4 rings (SSSR count). The molecule has 30 heavy (non-hydrogen) atoms. The number of fused-ring (bicyclic) bond motifs is 1. The molecule has 1 aliphatic carbocycles. The summed E-state index contributed by atoms with van der Waals surface area (Å²) in [4.78, 5) is 28.3. The Balaban J connectivity index is 1.61. The molecule has 158 valence electrons. The fourth-order valence-corrected chi connectivity index (χ4v) is 4.83. The third-order valence-electron chi connectivity index (χ3n) is 6.83. The highest BCUT2D eigenvalue weighted by atomic mass is 16.5. The van der Waals surface area contributed by atoms with Gasteiger partial charge in [0.1, 0.15) is 11.8 Å². The maximum atomic E-state index is 13.5. The molecule has 0 saturated heterocycles. The Morgan fingerprint density at radius 3 is 2.73 bits per heavy atom. The zero-order valence-corrected chi connectivity index (χ0v) is 17.9. The van der Waals surface area contributed by atoms with Crippen LogP contribution in [0.3, 0.4) is 0 Å². The van der Waals surface area contributed by atoms with Gasteiger partial charge in [-0.3, -0.25) is 9.59 Å². The van der Waals surface area contributed by atoms with Gasteiger partial charge in [0.15, 0.2) is 0 Å². The molecule has 0 unspecified atom stereocenters. The number of methoxy groups -OCH3 is 1. The molecule has 0 aromatic heterocycles. The fraction of sp³-hybridized carbons (Fsp3) is 0.440. The summed E-state index contributed by atoms with van der Waals surface area (Å²) in [6.07, 6.45) is 3.33. The smallest absolute Gasteiger partial charge is 0.255 e. The molecule has 2 amide bonds. The Hall–Kier alpha value is -2.82. The third kappa shape index (κ3) is 3.81. The first-order valence-corrected chi connectivity index (χ1v) is 10.8. The van der Waals surface area contributed by atoms with Gasteiger partial charge in [0.05, 0.1) is 7.11 Å². The van der Waals surface area contributed by atoms with Gasteiger partial charge >= 0.3 is 0 Å². The Kier molecular flexibility index (Phi) is 5.80. The van der Waals surface area contributed by atoms with Crippen LogP contribution < -0.4 is 10.1 Å². The molecule has 1 fully saturated rings. The highest BCUT2D eigenvalue weighted by Crippen LogP contribution is 2.36. The predicted octanol–water partition coefficient (Wildman–Crippen LogP) is 4.33. The molecule has 0 spiro atoms. The molecule has 4 atom stereocenters. The van der Waals surface area contributed by atoms with Crippen molar-refractivity contribution in [2.75, 3.05) is 7.11 Å². The maximum Gasteiger partial charge on any atom is 0.255 e. The van der Waals surface area contributed by atoms with Crippen LogP contribution >= 0.6 is 0 Å². The second-order valence-electron chi connectivity index (χ2n) is 8.66. The van der Waals surface area contributed by atoms with E-state index in [0.29, 0.717) is 23.9 Å². The molecule has 5 nitrogen and oxygen atoms in total. The molecule has 1 saturated carbocycles. The standard InChI is InChI=1S/C25H30N2O3/c1-16-8-6-13-22(17(16)2)26-24(28)23-20-11-4-5-12-21(20)25(29)27(23)15-18-9-7-10-19(14-18)30-3/h4-5,7,9-12,14,16-17,22-23H,6,8,13,15H2,1-3H3,(H,26,28)/t16-,17+,22-,23-/m1/s1. The van der Waals surface area contributed by atoms with Crippen molar-refractivity contribution in [3.63, 3.8) is 0 Å². The minimum Gasteiger partial charge on any atom is -0.497 e. The Morgan fingerprint density at radius 2 is 1.93 bits per heavy atom. The van der Waals surface area contributed by atoms with Crippen LogP contribution in [-0.2, 0) is 11.3 Å². The van der Waals surface area contributed by atoms with Gasteiger partial charge in [0.25, 0.3) is 5.91 Å². The first-order valence-electron chi connectivity index (χ1n) is 10.8. The zero-order valence-electron chi connectivity index (χ0n) is 17.9. The van der Waals surface area contributed by atoms with E-state index in [-0.39, 0.29) is 17.9 Å². The van der Waals surface area contributed by atoms with Gasteiger partial charge in [-0.25, -0.2) is 0 Å². The van der Waals surface area contributed by atoms with Crippen LogP contribution in [0.15, 0.2) is 48.5 Å². The van der Waals surface area contributed by atoms with E-state index in [9.17, 15) is 9.59 Å². The lowest BCUT2D eigenvalue weighted by Crippen LogP contribution is -2.48. The number of nitrogens with one attached hydrogen (secondary N) is 1. The summed E-state index contributed by atoms with van der Waals surface area (Å²) in [5, 5.41) is 3.28. The number of benzene rings is 2. The lowest BCUT2D eigenvalue weighted by Gasteiger charge is -2.36. The van der Waals surface area contributed by atoms with E-state index in [1.165, 1.54) is 6.42 Å². The van der Waals surface area contributed by atoms with E-state index < -0.39 is 6.04 Å². The number of hydrogen-bond acceptors (Lipinski definition) is 3. The van der Waals surface area contributed by atoms with Crippen molar-refractivity contribution in [2.24, 2.45) is 11.8 Å². The van der Waals surface area contributed by atoms with Crippen molar-refractivity contribution in [2.45, 2.75) is 51.7 Å². The Bertz CT molecular complexity index is 941. The Morgan fingerprint density at radius 1 is 1.13 bits per heavy atom. The molecule has 2 aliphatic rings. The van der Waals surface area contributed by atoms with Crippen LogP contribution in [0.4, 0.5) is 0 Å². The van der Waals surface area contributed by atoms with E-state index in [1.54, 1.807) is 12.0 Å². The lowest BCUT2D eigenvalue weighted by molar-refractivity contribution is -0.127. The topological polar surface area (TPSA) is 58.6 Å². The van der Waals surface area contributed by atoms with E-state index in [2.05, 4.69) is 19.2 Å². The summed E-state index contributed by atoms with van der Waals surface area (Å²) in [5.41, 5.74) is 2.35. The average Bonchev–Trinajstić information content (AvgIpc) is 3.03. The fourth-order valence-electron chi connectivity index (χ4n) is 4.83. The maximum absolute atomic E-state index is 13.5. The molecule has 5 heteroatoms. The first-order chi connectivity index (χ1) is 14.5. The van der Waals surface area contributed by atoms with Gasteiger partial charge < -0.3 is 15.0 Å². The van der Waals surface area contributed by atoms with Crippen molar-refractivity contribution in [1.82, 2.24) is 10.2 Å². The SMILES string of the molecule is COc1cccc(CN2C(=O)c3ccccc3[C@@H]2C(=O)N[C@@H]2CCC[C@@H](C)[C@@H]2C)c1. The van der Waals surface area contributed by atoms with E-state index >= 15 is 0 Å². The molecule has 1 heterocycles. The number of hydrogen-bond donors (Lipinski definition) is 1. The van der Waals surface area contributed by atoms with E-state index in [0.717, 1.165) is 29.7 Å². The van der Waals surface area contributed by atoms with Gasteiger partial charge in [-0.15, -0.1) is 0 Å². The lowest BCUT2D eigenvalue weighted by atomic mass is 9.78. The second-order valence-corrected chi connectivity index (χ2v) is 8.66. The molecular weight excluding hydrogens is 376 g/mol. The summed E-state index contributed by atoms with van der Waals surface area (Å²) in [7, 11) is 1.62. The van der Waals surface area contributed by atoms with Gasteiger partial charge in [-0.05, 0) is 47.6 Å². The summed E-state index contributed by atoms with van der Waals surface area (Å²) < 4.78 is 5.32. The molecule has 1 N–H and O–H groups in total. The quantitative estimate of drug-likeness (QED) is 0.804. The summed E-state index contributed by atoms with van der Waals surface area (Å²) >= 11 is 0. The first kappa shape index (κ1) is 20.5. The van der Waals surface area contributed by atoms with Crippen molar-refractivity contribution in [3.05, 3.63) is 65.2 Å². The van der Waals surface area contributed by atoms with Crippen molar-refractivity contribution in [3.8, 4) is 5.75 Å². The molecule has 0 radical (unpaired) electrons. The largest absolute Gasteiger partial charge is 0.497 e. The van der Waals surface area contributed by atoms with Crippen LogP contribution in [-0.4, -0.2) is 29.9 Å². The highest BCUT2D eigenvalue weighted by molar-refractivity contribution is 6.04. The summed E-state index contributed by atoms with van der Waals surface area (Å²) in [5.74, 6) is 1.58. The van der Waals surface area contributed by atoms with Crippen LogP contribution in [0, 0.1) is 11.8 Å². The van der Waals surface area contributed by atoms with Gasteiger partial charge in [-0.1, -0.05) is 57.0 Å². The average molecular weight is 407 g/mol. The third-order valence-corrected chi connectivity index (χ3v) is 6.83. The number of carbonyl (C=O) groups excluding carboxylic acids is 2. The van der Waals surface area contributed by atoms with E-state index in [4.69, 9.17) is 4.74 Å². The van der Waals surface area contributed by atoms with Gasteiger partial charge in [0, 0.05) is 18.2 Å².